The highest BCUT2D eigenvalue weighted by Crippen LogP contribution is 2.31. The number of hydrogen-bond donors (Lipinski definition) is 1. The first-order valence-corrected chi connectivity index (χ1v) is 10.1. The Morgan fingerprint density at radius 1 is 1.15 bits per heavy atom. The lowest BCUT2D eigenvalue weighted by molar-refractivity contribution is 0.573. The van der Waals surface area contributed by atoms with Gasteiger partial charge < -0.3 is 4.98 Å². The lowest BCUT2D eigenvalue weighted by Crippen LogP contribution is -2.14. The number of nitrogens with one attached hydrogen (secondary N) is 1. The smallest absolute Gasteiger partial charge is 0.270 e. The Bertz CT molecular complexity index is 1040. The molecule has 0 aliphatic rings. The van der Waals surface area contributed by atoms with Crippen molar-refractivity contribution in [2.45, 2.75) is 31.3 Å². The van der Waals surface area contributed by atoms with E-state index in [0.717, 1.165) is 21.8 Å². The van der Waals surface area contributed by atoms with E-state index in [2.05, 4.69) is 36.1 Å². The van der Waals surface area contributed by atoms with E-state index in [4.69, 9.17) is 4.98 Å². The van der Waals surface area contributed by atoms with Crippen molar-refractivity contribution in [2.24, 2.45) is 0 Å². The number of rotatable bonds is 3. The van der Waals surface area contributed by atoms with Crippen LogP contribution in [0, 0.1) is 11.3 Å². The van der Waals surface area contributed by atoms with Crippen LogP contribution in [0.3, 0.4) is 0 Å². The second-order valence-corrected chi connectivity index (χ2v) is 8.43. The predicted molar refractivity (Wildman–Crippen MR) is 107 cm³/mol. The molecule has 3 aromatic rings. The summed E-state index contributed by atoms with van der Waals surface area (Å²) in [6, 6.07) is 9.60. The van der Waals surface area contributed by atoms with Crippen LogP contribution in [0.4, 0.5) is 0 Å². The Kier molecular flexibility index (Phi) is 4.99. The number of aromatic nitrogens is 3. The lowest BCUT2D eigenvalue weighted by Gasteiger charge is -2.14. The van der Waals surface area contributed by atoms with E-state index < -0.39 is 5.56 Å². The normalized spacial score (nSPS) is 11.3. The first-order valence-electron chi connectivity index (χ1n) is 7.98. The highest BCUT2D eigenvalue weighted by atomic mass is 32.2. The third-order valence-electron chi connectivity index (χ3n) is 3.88. The van der Waals surface area contributed by atoms with Crippen molar-refractivity contribution >= 4 is 23.1 Å². The molecular weight excluding hydrogens is 364 g/mol. The summed E-state index contributed by atoms with van der Waals surface area (Å²) in [5, 5.41) is 12.8. The molecule has 0 amide bonds. The Morgan fingerprint density at radius 3 is 2.35 bits per heavy atom. The van der Waals surface area contributed by atoms with Crippen LogP contribution in [0.15, 0.2) is 39.6 Å². The molecule has 1 aromatic carbocycles. The van der Waals surface area contributed by atoms with Gasteiger partial charge in [-0.15, -0.1) is 11.3 Å². The summed E-state index contributed by atoms with van der Waals surface area (Å²) in [4.78, 5) is 23.8. The fourth-order valence-corrected chi connectivity index (χ4v) is 3.81. The Morgan fingerprint density at radius 2 is 1.81 bits per heavy atom. The van der Waals surface area contributed by atoms with Crippen LogP contribution < -0.4 is 5.56 Å². The van der Waals surface area contributed by atoms with Gasteiger partial charge in [-0.1, -0.05) is 56.8 Å². The van der Waals surface area contributed by atoms with Crippen LogP contribution in [-0.2, 0) is 5.41 Å². The van der Waals surface area contributed by atoms with E-state index in [1.54, 1.807) is 11.3 Å². The summed E-state index contributed by atoms with van der Waals surface area (Å²) in [5.74, 6) is 0. The van der Waals surface area contributed by atoms with Crippen LogP contribution in [0.25, 0.3) is 21.8 Å². The van der Waals surface area contributed by atoms with E-state index in [1.165, 1.54) is 11.8 Å². The third kappa shape index (κ3) is 3.57. The largest absolute Gasteiger partial charge is 0.300 e. The highest BCUT2D eigenvalue weighted by Gasteiger charge is 2.18. The molecule has 0 fully saturated rings. The van der Waals surface area contributed by atoms with Gasteiger partial charge in [0.1, 0.15) is 16.6 Å². The minimum atomic E-state index is -0.416. The zero-order valence-electron chi connectivity index (χ0n) is 15.0. The van der Waals surface area contributed by atoms with Crippen molar-refractivity contribution in [3.05, 3.63) is 51.3 Å². The molecule has 0 atom stereocenters. The zero-order chi connectivity index (χ0) is 18.9. The number of nitrogens with zero attached hydrogens (tertiary/aromatic N) is 3. The number of aromatic amines is 1. The Hall–Kier alpha value is -2.43. The van der Waals surface area contributed by atoms with Crippen molar-refractivity contribution in [3.8, 4) is 27.9 Å². The minimum Gasteiger partial charge on any atom is -0.300 e. The van der Waals surface area contributed by atoms with Crippen LogP contribution >= 0.6 is 23.1 Å². The van der Waals surface area contributed by atoms with Crippen LogP contribution in [-0.4, -0.2) is 21.2 Å². The molecule has 0 saturated carbocycles. The van der Waals surface area contributed by atoms with E-state index in [1.807, 2.05) is 36.6 Å². The van der Waals surface area contributed by atoms with Crippen molar-refractivity contribution in [3.63, 3.8) is 0 Å². The number of nitriles is 1. The van der Waals surface area contributed by atoms with Crippen LogP contribution in [0.1, 0.15) is 32.0 Å². The van der Waals surface area contributed by atoms with Gasteiger partial charge in [0.2, 0.25) is 0 Å². The Balaban J connectivity index is 2.01. The quantitative estimate of drug-likeness (QED) is 0.534. The maximum absolute atomic E-state index is 12.1. The van der Waals surface area contributed by atoms with Crippen LogP contribution in [0.5, 0.6) is 0 Å². The molecule has 132 valence electrons. The first-order chi connectivity index (χ1) is 12.3. The summed E-state index contributed by atoms with van der Waals surface area (Å²) in [6.45, 7) is 6.42. The molecule has 5 nitrogen and oxygen atoms in total. The van der Waals surface area contributed by atoms with Gasteiger partial charge in [0.05, 0.1) is 11.4 Å². The zero-order valence-corrected chi connectivity index (χ0v) is 16.6. The fraction of sp³-hybridized carbons (Fsp3) is 0.263. The summed E-state index contributed by atoms with van der Waals surface area (Å²) in [5.41, 5.74) is 2.83. The highest BCUT2D eigenvalue weighted by molar-refractivity contribution is 7.98. The monoisotopic (exact) mass is 382 g/mol. The molecule has 0 spiro atoms. The van der Waals surface area contributed by atoms with Gasteiger partial charge in [0.15, 0.2) is 5.16 Å². The first kappa shape index (κ1) is 18.4. The average molecular weight is 383 g/mol. The second kappa shape index (κ2) is 7.06. The minimum absolute atomic E-state index is 0.0135. The number of hydrogen-bond acceptors (Lipinski definition) is 6. The fourth-order valence-electron chi connectivity index (χ4n) is 2.38. The molecule has 0 bridgehead atoms. The molecule has 0 unspecified atom stereocenters. The van der Waals surface area contributed by atoms with Gasteiger partial charge in [-0.25, -0.2) is 9.97 Å². The van der Waals surface area contributed by atoms with Crippen molar-refractivity contribution in [1.29, 1.82) is 5.26 Å². The molecule has 1 N–H and O–H groups in total. The van der Waals surface area contributed by atoms with Gasteiger partial charge in [0.25, 0.3) is 5.56 Å². The van der Waals surface area contributed by atoms with Gasteiger partial charge in [-0.2, -0.15) is 5.26 Å². The molecule has 0 aliphatic heterocycles. The Labute approximate surface area is 160 Å². The standard InChI is InChI=1S/C19H18N4OS2/c1-19(2,3)14-10-26-17(21-14)12-7-5-11(6-8-12)15-13(9-20)16(24)23-18(22-15)25-4/h5-8,10H,1-4H3,(H,22,23,24). The SMILES string of the molecule is CSc1nc(-c2ccc(-c3nc(C(C)(C)C)cs3)cc2)c(C#N)c(=O)[nH]1. The summed E-state index contributed by atoms with van der Waals surface area (Å²) < 4.78 is 0. The van der Waals surface area contributed by atoms with E-state index >= 15 is 0 Å². The van der Waals surface area contributed by atoms with E-state index in [-0.39, 0.29) is 11.0 Å². The van der Waals surface area contributed by atoms with Crippen molar-refractivity contribution in [2.75, 3.05) is 6.26 Å². The average Bonchev–Trinajstić information content (AvgIpc) is 3.11. The number of H-pyrrole nitrogens is 1. The maximum Gasteiger partial charge on any atom is 0.270 e. The van der Waals surface area contributed by atoms with Crippen molar-refractivity contribution < 1.29 is 0 Å². The topological polar surface area (TPSA) is 82.4 Å². The molecule has 0 saturated heterocycles. The molecule has 3 rings (SSSR count). The van der Waals surface area contributed by atoms with Crippen LogP contribution in [0.2, 0.25) is 0 Å². The molecule has 7 heteroatoms. The molecule has 0 radical (unpaired) electrons. The third-order valence-corrected chi connectivity index (χ3v) is 5.35. The molecule has 2 aromatic heterocycles. The number of thiazole rings is 1. The van der Waals surface area contributed by atoms with Gasteiger partial charge >= 0.3 is 0 Å². The summed E-state index contributed by atoms with van der Waals surface area (Å²) >= 11 is 2.94. The van der Waals surface area contributed by atoms with Gasteiger partial charge in [-0.05, 0) is 6.26 Å². The molecular formula is C19H18N4OS2. The molecule has 0 aliphatic carbocycles. The second-order valence-electron chi connectivity index (χ2n) is 6.78. The number of thioether (sulfide) groups is 1. The lowest BCUT2D eigenvalue weighted by atomic mass is 9.93. The maximum atomic E-state index is 12.1. The van der Waals surface area contributed by atoms with Gasteiger partial charge in [0, 0.05) is 21.9 Å². The van der Waals surface area contributed by atoms with Crippen molar-refractivity contribution in [1.82, 2.24) is 15.0 Å². The molecule has 26 heavy (non-hydrogen) atoms. The predicted octanol–water partition coefficient (Wildman–Crippen LogP) is 4.45. The molecule has 2 heterocycles. The van der Waals surface area contributed by atoms with E-state index in [9.17, 15) is 10.1 Å². The van der Waals surface area contributed by atoms with Gasteiger partial charge in [-0.3, -0.25) is 4.79 Å². The number of benzene rings is 1. The summed E-state index contributed by atoms with van der Waals surface area (Å²) in [6.07, 6.45) is 1.83. The summed E-state index contributed by atoms with van der Waals surface area (Å²) in [7, 11) is 0. The van der Waals surface area contributed by atoms with E-state index in [0.29, 0.717) is 10.9 Å².